The van der Waals surface area contributed by atoms with E-state index in [2.05, 4.69) is 5.92 Å². The van der Waals surface area contributed by atoms with Crippen molar-refractivity contribution >= 4 is 11.8 Å². The van der Waals surface area contributed by atoms with Crippen LogP contribution < -0.4 is 0 Å². The van der Waals surface area contributed by atoms with Gasteiger partial charge in [0.05, 0.1) is 6.61 Å². The summed E-state index contributed by atoms with van der Waals surface area (Å²) in [5, 5.41) is 0. The zero-order valence-corrected chi connectivity index (χ0v) is 9.04. The molecule has 1 atom stereocenters. The van der Waals surface area contributed by atoms with Gasteiger partial charge >= 0.3 is 5.97 Å². The van der Waals surface area contributed by atoms with Crippen molar-refractivity contribution in [3.8, 4) is 12.3 Å². The maximum absolute atomic E-state index is 11.8. The molecule has 0 aliphatic heterocycles. The zero-order valence-electron chi connectivity index (χ0n) is 9.04. The highest BCUT2D eigenvalue weighted by atomic mass is 16.5. The van der Waals surface area contributed by atoms with Crippen LogP contribution in [0.5, 0.6) is 0 Å². The molecule has 1 aliphatic rings. The summed E-state index contributed by atoms with van der Waals surface area (Å²) >= 11 is 0. The maximum Gasteiger partial charge on any atom is 0.320 e. The van der Waals surface area contributed by atoms with Crippen LogP contribution in [-0.4, -0.2) is 18.4 Å². The fourth-order valence-electron chi connectivity index (χ4n) is 2.01. The van der Waals surface area contributed by atoms with E-state index in [0.717, 1.165) is 12.8 Å². The third kappa shape index (κ3) is 2.20. The van der Waals surface area contributed by atoms with Crippen LogP contribution in [0, 0.1) is 17.8 Å². The van der Waals surface area contributed by atoms with Crippen molar-refractivity contribution < 1.29 is 14.3 Å². The number of Topliss-reactive ketones (excluding diaryl/α,β-unsaturated/α-hetero) is 1. The molecule has 1 unspecified atom stereocenters. The van der Waals surface area contributed by atoms with Gasteiger partial charge in [0.1, 0.15) is 5.41 Å². The number of ether oxygens (including phenoxy) is 1. The molecule has 0 aromatic heterocycles. The van der Waals surface area contributed by atoms with Gasteiger partial charge in [-0.15, -0.1) is 12.3 Å². The fourth-order valence-corrected chi connectivity index (χ4v) is 2.01. The Morgan fingerprint density at radius 2 is 2.33 bits per heavy atom. The topological polar surface area (TPSA) is 43.4 Å². The van der Waals surface area contributed by atoms with Gasteiger partial charge in [-0.05, 0) is 19.8 Å². The van der Waals surface area contributed by atoms with E-state index in [4.69, 9.17) is 11.2 Å². The van der Waals surface area contributed by atoms with Crippen molar-refractivity contribution in [2.75, 3.05) is 6.61 Å². The monoisotopic (exact) mass is 208 g/mol. The lowest BCUT2D eigenvalue weighted by Crippen LogP contribution is -2.42. The Hall–Kier alpha value is -1.30. The van der Waals surface area contributed by atoms with E-state index in [1.54, 1.807) is 6.92 Å². The molecule has 0 aromatic carbocycles. The van der Waals surface area contributed by atoms with Gasteiger partial charge in [-0.1, -0.05) is 6.42 Å². The Bertz CT molecular complexity index is 300. The number of hydrogen-bond donors (Lipinski definition) is 0. The lowest BCUT2D eigenvalue weighted by molar-refractivity contribution is -0.161. The fraction of sp³-hybridized carbons (Fsp3) is 0.667. The van der Waals surface area contributed by atoms with E-state index in [1.807, 2.05) is 0 Å². The van der Waals surface area contributed by atoms with Gasteiger partial charge in [-0.2, -0.15) is 0 Å². The first-order valence-electron chi connectivity index (χ1n) is 5.31. The van der Waals surface area contributed by atoms with Gasteiger partial charge in [0, 0.05) is 12.8 Å². The van der Waals surface area contributed by atoms with Crippen molar-refractivity contribution in [2.24, 2.45) is 5.41 Å². The minimum Gasteiger partial charge on any atom is -0.465 e. The van der Waals surface area contributed by atoms with Crippen molar-refractivity contribution in [1.29, 1.82) is 0 Å². The average Bonchev–Trinajstić information content (AvgIpc) is 2.22. The van der Waals surface area contributed by atoms with Crippen molar-refractivity contribution in [1.82, 2.24) is 0 Å². The summed E-state index contributed by atoms with van der Waals surface area (Å²) in [4.78, 5) is 23.6. The molecule has 3 nitrogen and oxygen atoms in total. The van der Waals surface area contributed by atoms with Gasteiger partial charge in [0.2, 0.25) is 0 Å². The van der Waals surface area contributed by atoms with E-state index in [-0.39, 0.29) is 12.2 Å². The molecule has 0 heterocycles. The standard InChI is InChI=1S/C12H16O3/c1-3-8-12(11(14)15-4-2)9-6-5-7-10(12)13/h1H,4-9H2,2H3. The molecule has 0 N–H and O–H groups in total. The first-order valence-corrected chi connectivity index (χ1v) is 5.31. The van der Waals surface area contributed by atoms with E-state index >= 15 is 0 Å². The molecular weight excluding hydrogens is 192 g/mol. The highest BCUT2D eigenvalue weighted by molar-refractivity contribution is 6.04. The smallest absolute Gasteiger partial charge is 0.320 e. The lowest BCUT2D eigenvalue weighted by atomic mass is 9.71. The van der Waals surface area contributed by atoms with Crippen molar-refractivity contribution in [3.05, 3.63) is 0 Å². The third-order valence-electron chi connectivity index (χ3n) is 2.86. The van der Waals surface area contributed by atoms with Crippen molar-refractivity contribution in [3.63, 3.8) is 0 Å². The van der Waals surface area contributed by atoms with Crippen LogP contribution in [0.15, 0.2) is 0 Å². The van der Waals surface area contributed by atoms with Crippen LogP contribution in [0.1, 0.15) is 39.0 Å². The second-order valence-electron chi connectivity index (χ2n) is 3.81. The molecule has 0 spiro atoms. The van der Waals surface area contributed by atoms with E-state index in [1.165, 1.54) is 0 Å². The predicted octanol–water partition coefficient (Wildman–Crippen LogP) is 1.70. The van der Waals surface area contributed by atoms with Gasteiger partial charge in [-0.3, -0.25) is 9.59 Å². The molecule has 1 aliphatic carbocycles. The molecule has 82 valence electrons. The largest absolute Gasteiger partial charge is 0.465 e. The first kappa shape index (κ1) is 11.8. The second-order valence-corrected chi connectivity index (χ2v) is 3.81. The van der Waals surface area contributed by atoms with E-state index in [9.17, 15) is 9.59 Å². The van der Waals surface area contributed by atoms with Crippen LogP contribution in [0.25, 0.3) is 0 Å². The summed E-state index contributed by atoms with van der Waals surface area (Å²) in [6, 6.07) is 0. The lowest BCUT2D eigenvalue weighted by Gasteiger charge is -2.31. The minimum absolute atomic E-state index is 0.0508. The normalized spacial score (nSPS) is 25.7. The third-order valence-corrected chi connectivity index (χ3v) is 2.86. The molecule has 0 radical (unpaired) electrons. The number of carbonyl (C=O) groups is 2. The van der Waals surface area contributed by atoms with Gasteiger partial charge in [-0.25, -0.2) is 0 Å². The second kappa shape index (κ2) is 4.97. The molecule has 0 saturated heterocycles. The number of carbonyl (C=O) groups excluding carboxylic acids is 2. The van der Waals surface area contributed by atoms with Crippen LogP contribution >= 0.6 is 0 Å². The number of ketones is 1. The predicted molar refractivity (Wildman–Crippen MR) is 56.0 cm³/mol. The van der Waals surface area contributed by atoms with Gasteiger partial charge in [0.15, 0.2) is 5.78 Å². The van der Waals surface area contributed by atoms with Crippen molar-refractivity contribution in [2.45, 2.75) is 39.0 Å². The summed E-state index contributed by atoms with van der Waals surface area (Å²) in [6.07, 6.45) is 8.10. The summed E-state index contributed by atoms with van der Waals surface area (Å²) < 4.78 is 4.95. The average molecular weight is 208 g/mol. The molecule has 3 heteroatoms. The van der Waals surface area contributed by atoms with Gasteiger partial charge < -0.3 is 4.74 Å². The number of rotatable bonds is 3. The van der Waals surface area contributed by atoms with Crippen LogP contribution in [0.2, 0.25) is 0 Å². The molecular formula is C12H16O3. The Morgan fingerprint density at radius 3 is 2.87 bits per heavy atom. The highest BCUT2D eigenvalue weighted by Crippen LogP contribution is 2.37. The Kier molecular flexibility index (Phi) is 3.90. The van der Waals surface area contributed by atoms with Crippen LogP contribution in [0.4, 0.5) is 0 Å². The highest BCUT2D eigenvalue weighted by Gasteiger charge is 2.47. The summed E-state index contributed by atoms with van der Waals surface area (Å²) in [6.45, 7) is 2.02. The molecule has 0 amide bonds. The van der Waals surface area contributed by atoms with E-state index in [0.29, 0.717) is 19.4 Å². The Morgan fingerprint density at radius 1 is 1.60 bits per heavy atom. The van der Waals surface area contributed by atoms with Crippen LogP contribution in [0.3, 0.4) is 0 Å². The number of hydrogen-bond acceptors (Lipinski definition) is 3. The molecule has 1 fully saturated rings. The van der Waals surface area contributed by atoms with Crippen LogP contribution in [-0.2, 0) is 14.3 Å². The first-order chi connectivity index (χ1) is 7.17. The summed E-state index contributed by atoms with van der Waals surface area (Å²) in [5.74, 6) is 1.94. The zero-order chi connectivity index (χ0) is 11.3. The van der Waals surface area contributed by atoms with Gasteiger partial charge in [0.25, 0.3) is 0 Å². The molecule has 15 heavy (non-hydrogen) atoms. The quantitative estimate of drug-likeness (QED) is 0.403. The summed E-state index contributed by atoms with van der Waals surface area (Å²) in [7, 11) is 0. The van der Waals surface area contributed by atoms with E-state index < -0.39 is 11.4 Å². The molecule has 1 rings (SSSR count). The maximum atomic E-state index is 11.8. The molecule has 0 bridgehead atoms. The number of esters is 1. The minimum atomic E-state index is -1.04. The number of terminal acetylenes is 1. The summed E-state index contributed by atoms with van der Waals surface area (Å²) in [5.41, 5.74) is -1.04. The Labute approximate surface area is 90.2 Å². The SMILES string of the molecule is C#CCC1(C(=O)OCC)CCCCC1=O. The molecule has 1 saturated carbocycles. The molecule has 0 aromatic rings. The Balaban J connectivity index is 2.90.